The summed E-state index contributed by atoms with van der Waals surface area (Å²) in [5.74, 6) is 0.177. The predicted molar refractivity (Wildman–Crippen MR) is 104 cm³/mol. The van der Waals surface area contributed by atoms with Gasteiger partial charge in [-0.1, -0.05) is 80.7 Å². The quantitative estimate of drug-likeness (QED) is 0.557. The molecule has 1 amide bonds. The Balaban J connectivity index is 2.52. The molecular weight excluding hydrogens is 365 g/mol. The molecule has 128 valence electrons. The van der Waals surface area contributed by atoms with Crippen molar-refractivity contribution in [3.05, 3.63) is 62.1 Å². The highest BCUT2D eigenvalue weighted by molar-refractivity contribution is 6.46. The molecule has 2 nitrogen and oxygen atoms in total. The molecule has 24 heavy (non-hydrogen) atoms. The third-order valence-corrected chi connectivity index (χ3v) is 5.00. The average molecular weight is 385 g/mol. The van der Waals surface area contributed by atoms with Crippen LogP contribution in [0, 0.1) is 0 Å². The second-order valence-electron chi connectivity index (χ2n) is 6.29. The van der Waals surface area contributed by atoms with Gasteiger partial charge in [-0.05, 0) is 35.1 Å². The van der Waals surface area contributed by atoms with Gasteiger partial charge in [0.2, 0.25) is 0 Å². The molecule has 0 bridgehead atoms. The number of carbonyl (C=O) groups excluding carboxylic acids is 1. The Morgan fingerprint density at radius 2 is 1.38 bits per heavy atom. The van der Waals surface area contributed by atoms with E-state index in [2.05, 4.69) is 33.0 Å². The molecule has 0 atom stereocenters. The topological polar surface area (TPSA) is 29.1 Å². The van der Waals surface area contributed by atoms with E-state index in [1.165, 1.54) is 0 Å². The normalized spacial score (nSPS) is 11.2. The van der Waals surface area contributed by atoms with Crippen LogP contribution in [-0.4, -0.2) is 5.91 Å². The standard InChI is InChI=1S/C19H20Cl3NO/c1-10(2)12-6-5-7-13(11(3)4)18(12)23-19(24)16-14(20)8-9-15(21)17(16)22/h5-11H,1-4H3,(H,23,24). The molecule has 0 aromatic heterocycles. The van der Waals surface area contributed by atoms with Crippen LogP contribution in [0.3, 0.4) is 0 Å². The first kappa shape index (κ1) is 19.1. The number of benzene rings is 2. The minimum Gasteiger partial charge on any atom is -0.321 e. The summed E-state index contributed by atoms with van der Waals surface area (Å²) < 4.78 is 0. The van der Waals surface area contributed by atoms with Crippen molar-refractivity contribution in [2.45, 2.75) is 39.5 Å². The van der Waals surface area contributed by atoms with Crippen LogP contribution < -0.4 is 5.32 Å². The Morgan fingerprint density at radius 3 is 1.88 bits per heavy atom. The lowest BCUT2D eigenvalue weighted by Gasteiger charge is -2.20. The third kappa shape index (κ3) is 3.88. The van der Waals surface area contributed by atoms with Crippen molar-refractivity contribution < 1.29 is 4.79 Å². The summed E-state index contributed by atoms with van der Waals surface area (Å²) in [4.78, 5) is 12.8. The van der Waals surface area contributed by atoms with Gasteiger partial charge in [-0.15, -0.1) is 0 Å². The summed E-state index contributed by atoms with van der Waals surface area (Å²) in [5.41, 5.74) is 3.16. The van der Waals surface area contributed by atoms with Crippen LogP contribution in [0.1, 0.15) is 61.0 Å². The van der Waals surface area contributed by atoms with Crippen molar-refractivity contribution in [2.75, 3.05) is 5.32 Å². The summed E-state index contributed by atoms with van der Waals surface area (Å²) in [6.45, 7) is 8.37. The third-order valence-electron chi connectivity index (χ3n) is 3.88. The molecule has 0 aliphatic carbocycles. The van der Waals surface area contributed by atoms with Crippen molar-refractivity contribution in [1.29, 1.82) is 0 Å². The van der Waals surface area contributed by atoms with Crippen LogP contribution in [0.4, 0.5) is 5.69 Å². The lowest BCUT2D eigenvalue weighted by Crippen LogP contribution is -2.17. The number of hydrogen-bond acceptors (Lipinski definition) is 1. The largest absolute Gasteiger partial charge is 0.321 e. The Morgan fingerprint density at radius 1 is 0.875 bits per heavy atom. The number of hydrogen-bond donors (Lipinski definition) is 1. The maximum atomic E-state index is 12.8. The molecule has 0 unspecified atom stereocenters. The van der Waals surface area contributed by atoms with Gasteiger partial charge < -0.3 is 5.32 Å². The molecule has 1 N–H and O–H groups in total. The first-order chi connectivity index (χ1) is 11.2. The lowest BCUT2D eigenvalue weighted by atomic mass is 9.92. The Hall–Kier alpha value is -1.22. The van der Waals surface area contributed by atoms with Crippen LogP contribution in [0.15, 0.2) is 30.3 Å². The molecule has 0 spiro atoms. The fourth-order valence-corrected chi connectivity index (χ4v) is 3.31. The van der Waals surface area contributed by atoms with Crippen molar-refractivity contribution >= 4 is 46.4 Å². The predicted octanol–water partition coefficient (Wildman–Crippen LogP) is 7.15. The number of amides is 1. The Labute approximate surface area is 158 Å². The minimum absolute atomic E-state index is 0.162. The molecule has 2 aromatic carbocycles. The molecule has 0 aliphatic heterocycles. The maximum Gasteiger partial charge on any atom is 0.258 e. The molecule has 0 fully saturated rings. The molecule has 0 radical (unpaired) electrons. The smallest absolute Gasteiger partial charge is 0.258 e. The zero-order valence-corrected chi connectivity index (χ0v) is 16.4. The summed E-state index contributed by atoms with van der Waals surface area (Å²) >= 11 is 18.4. The first-order valence-corrected chi connectivity index (χ1v) is 8.95. The van der Waals surface area contributed by atoms with Gasteiger partial charge in [0.25, 0.3) is 5.91 Å². The molecule has 2 aromatic rings. The van der Waals surface area contributed by atoms with Crippen LogP contribution in [0.25, 0.3) is 0 Å². The van der Waals surface area contributed by atoms with Crippen molar-refractivity contribution in [2.24, 2.45) is 0 Å². The highest BCUT2D eigenvalue weighted by Gasteiger charge is 2.21. The zero-order chi connectivity index (χ0) is 18.0. The first-order valence-electron chi connectivity index (χ1n) is 7.81. The van der Waals surface area contributed by atoms with Gasteiger partial charge in [0.1, 0.15) is 0 Å². The fourth-order valence-electron chi connectivity index (χ4n) is 2.61. The van der Waals surface area contributed by atoms with Gasteiger partial charge in [0.05, 0.1) is 20.6 Å². The zero-order valence-electron chi connectivity index (χ0n) is 14.1. The van der Waals surface area contributed by atoms with E-state index in [9.17, 15) is 4.79 Å². The molecule has 0 saturated heterocycles. The number of para-hydroxylation sites is 1. The molecular formula is C19H20Cl3NO. The Kier molecular flexibility index (Phi) is 6.19. The highest BCUT2D eigenvalue weighted by atomic mass is 35.5. The molecule has 0 aliphatic rings. The summed E-state index contributed by atoms with van der Waals surface area (Å²) in [5, 5.41) is 3.73. The molecule has 5 heteroatoms. The van der Waals surface area contributed by atoms with Crippen LogP contribution >= 0.6 is 34.8 Å². The van der Waals surface area contributed by atoms with Crippen LogP contribution in [0.2, 0.25) is 15.1 Å². The second-order valence-corrected chi connectivity index (χ2v) is 7.49. The summed E-state index contributed by atoms with van der Waals surface area (Å²) in [6.07, 6.45) is 0. The van der Waals surface area contributed by atoms with Crippen molar-refractivity contribution in [1.82, 2.24) is 0 Å². The van der Waals surface area contributed by atoms with Gasteiger partial charge in [-0.2, -0.15) is 0 Å². The number of carbonyl (C=O) groups is 1. The van der Waals surface area contributed by atoms with Gasteiger partial charge in [-0.3, -0.25) is 4.79 Å². The van der Waals surface area contributed by atoms with Crippen LogP contribution in [0.5, 0.6) is 0 Å². The monoisotopic (exact) mass is 383 g/mol. The molecule has 0 heterocycles. The van der Waals surface area contributed by atoms with Gasteiger partial charge >= 0.3 is 0 Å². The maximum absolute atomic E-state index is 12.8. The Bertz CT molecular complexity index is 743. The van der Waals surface area contributed by atoms with E-state index in [1.807, 2.05) is 18.2 Å². The highest BCUT2D eigenvalue weighted by Crippen LogP contribution is 2.35. The fraction of sp³-hybridized carbons (Fsp3) is 0.316. The number of rotatable bonds is 4. The van der Waals surface area contributed by atoms with E-state index >= 15 is 0 Å². The van der Waals surface area contributed by atoms with E-state index in [-0.39, 0.29) is 33.4 Å². The molecule has 0 saturated carbocycles. The van der Waals surface area contributed by atoms with Gasteiger partial charge in [0.15, 0.2) is 0 Å². The lowest BCUT2D eigenvalue weighted by molar-refractivity contribution is 0.102. The van der Waals surface area contributed by atoms with E-state index < -0.39 is 0 Å². The van der Waals surface area contributed by atoms with Crippen molar-refractivity contribution in [3.8, 4) is 0 Å². The minimum atomic E-state index is -0.359. The molecule has 2 rings (SSSR count). The summed E-state index contributed by atoms with van der Waals surface area (Å²) in [7, 11) is 0. The average Bonchev–Trinajstić information content (AvgIpc) is 2.51. The summed E-state index contributed by atoms with van der Waals surface area (Å²) in [6, 6.07) is 9.20. The van der Waals surface area contributed by atoms with E-state index in [4.69, 9.17) is 34.8 Å². The van der Waals surface area contributed by atoms with E-state index in [0.717, 1.165) is 16.8 Å². The van der Waals surface area contributed by atoms with Gasteiger partial charge in [-0.25, -0.2) is 0 Å². The SMILES string of the molecule is CC(C)c1cccc(C(C)C)c1NC(=O)c1c(Cl)ccc(Cl)c1Cl. The number of halogens is 3. The van der Waals surface area contributed by atoms with Gasteiger partial charge in [0, 0.05) is 5.69 Å². The van der Waals surface area contributed by atoms with Crippen LogP contribution in [-0.2, 0) is 0 Å². The van der Waals surface area contributed by atoms with Crippen molar-refractivity contribution in [3.63, 3.8) is 0 Å². The number of anilines is 1. The number of nitrogens with one attached hydrogen (secondary N) is 1. The van der Waals surface area contributed by atoms with E-state index in [0.29, 0.717) is 5.02 Å². The van der Waals surface area contributed by atoms with E-state index in [1.54, 1.807) is 12.1 Å². The second kappa shape index (κ2) is 7.77.